The van der Waals surface area contributed by atoms with Crippen LogP contribution in [0.1, 0.15) is 46.0 Å². The van der Waals surface area contributed by atoms with E-state index < -0.39 is 61.2 Å². The Morgan fingerprint density at radius 1 is 1.25 bits per heavy atom. The number of allylic oxidation sites excluding steroid dienone is 1. The third-order valence-electron chi connectivity index (χ3n) is 7.80. The molecule has 1 heterocycles. The molecule has 6 unspecified atom stereocenters. The average molecular weight is 495 g/mol. The highest BCUT2D eigenvalue weighted by atomic mass is 32.3. The first-order valence-electron chi connectivity index (χ1n) is 10.4. The van der Waals surface area contributed by atoms with Gasteiger partial charge in [0.15, 0.2) is 0 Å². The molecule has 2 aliphatic carbocycles. The predicted molar refractivity (Wildman–Crippen MR) is 113 cm³/mol. The third-order valence-corrected chi connectivity index (χ3v) is 9.44. The molecule has 0 saturated heterocycles. The van der Waals surface area contributed by atoms with Crippen LogP contribution in [0.15, 0.2) is 23.8 Å². The molecule has 32 heavy (non-hydrogen) atoms. The zero-order chi connectivity index (χ0) is 24.1. The molecule has 12 heteroatoms. The summed E-state index contributed by atoms with van der Waals surface area (Å²) in [7, 11) is -9.38. The summed E-state index contributed by atoms with van der Waals surface area (Å²) < 4.78 is 76.1. The Morgan fingerprint density at radius 3 is 2.41 bits per heavy atom. The van der Waals surface area contributed by atoms with Gasteiger partial charge in [-0.1, -0.05) is 26.0 Å². The van der Waals surface area contributed by atoms with Crippen molar-refractivity contribution in [1.82, 2.24) is 0 Å². The molecule has 3 N–H and O–H groups in total. The summed E-state index contributed by atoms with van der Waals surface area (Å²) in [6, 6.07) is 0. The minimum atomic E-state index is -4.74. The van der Waals surface area contributed by atoms with Gasteiger partial charge in [-0.25, -0.2) is 8.98 Å². The van der Waals surface area contributed by atoms with Gasteiger partial charge in [0.1, 0.15) is 11.9 Å². The zero-order valence-corrected chi connectivity index (χ0v) is 19.7. The molecule has 182 valence electrons. The number of hydrogen-bond acceptors (Lipinski definition) is 8. The van der Waals surface area contributed by atoms with Crippen molar-refractivity contribution in [3.05, 3.63) is 23.8 Å². The lowest BCUT2D eigenvalue weighted by molar-refractivity contribution is -0.144. The van der Waals surface area contributed by atoms with Crippen LogP contribution in [0.5, 0.6) is 0 Å². The highest BCUT2D eigenvalue weighted by molar-refractivity contribution is 7.86. The van der Waals surface area contributed by atoms with Crippen molar-refractivity contribution in [1.29, 1.82) is 0 Å². The smallest absolute Gasteiger partial charge is 0.397 e. The van der Waals surface area contributed by atoms with Crippen molar-refractivity contribution in [2.45, 2.75) is 57.3 Å². The second-order valence-electron chi connectivity index (χ2n) is 9.52. The van der Waals surface area contributed by atoms with Crippen LogP contribution in [-0.2, 0) is 34.2 Å². The number of ether oxygens (including phenoxy) is 1. The molecule has 0 aromatic rings. The van der Waals surface area contributed by atoms with Crippen LogP contribution in [0.25, 0.3) is 0 Å². The third kappa shape index (κ3) is 4.53. The number of fused-ring (bicyclic) bond motifs is 1. The molecule has 2 fully saturated rings. The van der Waals surface area contributed by atoms with Crippen molar-refractivity contribution in [2.75, 3.05) is 13.2 Å². The summed E-state index contributed by atoms with van der Waals surface area (Å²) in [6.07, 6.45) is 1.92. The van der Waals surface area contributed by atoms with E-state index in [4.69, 9.17) is 8.92 Å². The number of carbonyl (C=O) groups is 1. The molecule has 10 nitrogen and oxygen atoms in total. The molecule has 2 saturated carbocycles. The first-order chi connectivity index (χ1) is 14.6. The number of rotatable bonds is 7. The van der Waals surface area contributed by atoms with Crippen LogP contribution >= 0.6 is 0 Å². The molecule has 3 rings (SSSR count). The summed E-state index contributed by atoms with van der Waals surface area (Å²) >= 11 is 0. The molecular weight excluding hydrogens is 464 g/mol. The van der Waals surface area contributed by atoms with E-state index in [9.17, 15) is 35.8 Å². The van der Waals surface area contributed by atoms with Crippen LogP contribution in [0, 0.1) is 22.7 Å². The number of esters is 1. The monoisotopic (exact) mass is 494 g/mol. The number of carbonyl (C=O) groups excluding carboxylic acids is 1. The lowest BCUT2D eigenvalue weighted by Crippen LogP contribution is -2.58. The summed E-state index contributed by atoms with van der Waals surface area (Å²) in [5.41, 5.74) is -1.02. The second-order valence-corrected chi connectivity index (χ2v) is 12.2. The van der Waals surface area contributed by atoms with Crippen LogP contribution < -0.4 is 0 Å². The fourth-order valence-corrected chi connectivity index (χ4v) is 7.74. The molecule has 0 aromatic heterocycles. The Morgan fingerprint density at radius 2 is 1.91 bits per heavy atom. The van der Waals surface area contributed by atoms with Crippen LogP contribution in [-0.4, -0.2) is 61.6 Å². The van der Waals surface area contributed by atoms with Gasteiger partial charge >= 0.3 is 16.4 Å². The molecule has 6 atom stereocenters. The Kier molecular flexibility index (Phi) is 6.71. The SMILES string of the molecule is C=C1CCC2C(C)(CO)C(OS(=O)(=O)O)CCC2(C)C1CC(C1=CCOC1=O)S(=O)(=O)O. The highest BCUT2D eigenvalue weighted by Crippen LogP contribution is 2.62. The van der Waals surface area contributed by atoms with E-state index in [1.165, 1.54) is 6.08 Å². The van der Waals surface area contributed by atoms with E-state index in [-0.39, 0.29) is 30.9 Å². The van der Waals surface area contributed by atoms with Crippen molar-refractivity contribution in [3.8, 4) is 0 Å². The van der Waals surface area contributed by atoms with Crippen LogP contribution in [0.4, 0.5) is 0 Å². The van der Waals surface area contributed by atoms with E-state index in [1.807, 2.05) is 6.92 Å². The number of aliphatic hydroxyl groups excluding tert-OH is 1. The molecule has 0 spiro atoms. The van der Waals surface area contributed by atoms with Gasteiger partial charge in [0.25, 0.3) is 10.1 Å². The minimum absolute atomic E-state index is 0.0665. The summed E-state index contributed by atoms with van der Waals surface area (Å²) in [5.74, 6) is -1.54. The predicted octanol–water partition coefficient (Wildman–Crippen LogP) is 1.69. The molecule has 0 aromatic carbocycles. The summed E-state index contributed by atoms with van der Waals surface area (Å²) in [6.45, 7) is 7.26. The second kappa shape index (κ2) is 8.48. The van der Waals surface area contributed by atoms with Gasteiger partial charge in [0.05, 0.1) is 18.3 Å². The molecule has 3 aliphatic rings. The van der Waals surface area contributed by atoms with E-state index in [2.05, 4.69) is 6.58 Å². The van der Waals surface area contributed by atoms with Gasteiger partial charge in [0, 0.05) is 5.41 Å². The maximum atomic E-state index is 12.2. The number of aliphatic hydroxyl groups is 1. The van der Waals surface area contributed by atoms with Gasteiger partial charge in [-0.15, -0.1) is 0 Å². The van der Waals surface area contributed by atoms with Crippen molar-refractivity contribution >= 4 is 26.5 Å². The lowest BCUT2D eigenvalue weighted by atomic mass is 9.46. The minimum Gasteiger partial charge on any atom is -0.458 e. The van der Waals surface area contributed by atoms with Gasteiger partial charge in [-0.2, -0.15) is 16.8 Å². The average Bonchev–Trinajstić information content (AvgIpc) is 3.07. The van der Waals surface area contributed by atoms with E-state index in [1.54, 1.807) is 6.92 Å². The van der Waals surface area contributed by atoms with Crippen molar-refractivity contribution in [3.63, 3.8) is 0 Å². The first-order valence-corrected chi connectivity index (χ1v) is 13.3. The zero-order valence-electron chi connectivity index (χ0n) is 18.1. The van der Waals surface area contributed by atoms with E-state index in [0.29, 0.717) is 19.3 Å². The summed E-state index contributed by atoms with van der Waals surface area (Å²) in [4.78, 5) is 12.1. The van der Waals surface area contributed by atoms with Crippen molar-refractivity contribution in [2.24, 2.45) is 22.7 Å². The maximum Gasteiger partial charge on any atom is 0.397 e. The fourth-order valence-electron chi connectivity index (χ4n) is 6.18. The van der Waals surface area contributed by atoms with Gasteiger partial charge in [-0.3, -0.25) is 9.11 Å². The van der Waals surface area contributed by atoms with E-state index in [0.717, 1.165) is 5.57 Å². The van der Waals surface area contributed by atoms with Gasteiger partial charge < -0.3 is 9.84 Å². The van der Waals surface area contributed by atoms with E-state index >= 15 is 0 Å². The normalized spacial score (nSPS) is 36.9. The Balaban J connectivity index is 2.00. The van der Waals surface area contributed by atoms with Crippen molar-refractivity contribution < 1.29 is 44.8 Å². The van der Waals surface area contributed by atoms with Gasteiger partial charge in [0.2, 0.25) is 0 Å². The first kappa shape index (κ1) is 25.3. The topological polar surface area (TPSA) is 164 Å². The number of cyclic esters (lactones) is 1. The Bertz CT molecular complexity index is 1030. The fraction of sp³-hybridized carbons (Fsp3) is 0.750. The molecule has 0 bridgehead atoms. The standard InChI is InChI=1S/C20H30O10S2/c1-12-4-5-16-19(2,8-6-17(20(16,3)11-21)30-32(26,27)28)14(12)10-15(31(23,24)25)13-7-9-29-18(13)22/h7,14-17,21H,1,4-6,8-11H2,2-3H3,(H,23,24,25)(H,26,27,28). The molecule has 0 radical (unpaired) electrons. The summed E-state index contributed by atoms with van der Waals surface area (Å²) in [5, 5.41) is 8.77. The molecule has 0 amide bonds. The Labute approximate surface area is 188 Å². The lowest BCUT2D eigenvalue weighted by Gasteiger charge is -2.60. The largest absolute Gasteiger partial charge is 0.458 e. The van der Waals surface area contributed by atoms with Crippen LogP contribution in [0.2, 0.25) is 0 Å². The van der Waals surface area contributed by atoms with Gasteiger partial charge in [-0.05, 0) is 55.4 Å². The highest BCUT2D eigenvalue weighted by Gasteiger charge is 2.59. The maximum absolute atomic E-state index is 12.2. The Hall–Kier alpha value is -1.31. The number of hydrogen-bond donors (Lipinski definition) is 3. The molecular formula is C20H30O10S2. The quantitative estimate of drug-likeness (QED) is 0.269. The van der Waals surface area contributed by atoms with Crippen LogP contribution in [0.3, 0.4) is 0 Å². The molecule has 1 aliphatic heterocycles.